The van der Waals surface area contributed by atoms with Gasteiger partial charge in [0.25, 0.3) is 0 Å². The predicted molar refractivity (Wildman–Crippen MR) is 70.4 cm³/mol. The summed E-state index contributed by atoms with van der Waals surface area (Å²) in [4.78, 5) is 10.8. The summed E-state index contributed by atoms with van der Waals surface area (Å²) in [6, 6.07) is 13.5. The molecule has 0 bridgehead atoms. The molecule has 2 aromatic rings. The van der Waals surface area contributed by atoms with Crippen LogP contribution in [-0.2, 0) is 6.42 Å². The first-order chi connectivity index (χ1) is 8.20. The van der Waals surface area contributed by atoms with Crippen molar-refractivity contribution in [3.63, 3.8) is 0 Å². The molecule has 17 heavy (non-hydrogen) atoms. The highest BCUT2D eigenvalue weighted by molar-refractivity contribution is 9.10. The maximum Gasteiger partial charge on any atom is 0.153 e. The van der Waals surface area contributed by atoms with Crippen molar-refractivity contribution in [3.05, 3.63) is 63.6 Å². The van der Waals surface area contributed by atoms with Crippen LogP contribution in [0.1, 0.15) is 21.5 Å². The van der Waals surface area contributed by atoms with Gasteiger partial charge in [-0.1, -0.05) is 30.3 Å². The number of phenols is 1. The van der Waals surface area contributed by atoms with Gasteiger partial charge in [-0.3, -0.25) is 4.79 Å². The van der Waals surface area contributed by atoms with E-state index < -0.39 is 0 Å². The highest BCUT2D eigenvalue weighted by atomic mass is 79.9. The first kappa shape index (κ1) is 11.9. The third-order valence-electron chi connectivity index (χ3n) is 2.53. The number of aldehydes is 1. The summed E-state index contributed by atoms with van der Waals surface area (Å²) in [5, 5.41) is 9.61. The lowest BCUT2D eigenvalue weighted by atomic mass is 10.0. The second-order valence-electron chi connectivity index (χ2n) is 3.80. The highest BCUT2D eigenvalue weighted by Crippen LogP contribution is 2.29. The van der Waals surface area contributed by atoms with Gasteiger partial charge in [-0.25, -0.2) is 0 Å². The van der Waals surface area contributed by atoms with E-state index in [9.17, 15) is 9.90 Å². The van der Waals surface area contributed by atoms with Gasteiger partial charge in [0, 0.05) is 0 Å². The molecule has 0 unspecified atom stereocenters. The minimum absolute atomic E-state index is 0.00295. The summed E-state index contributed by atoms with van der Waals surface area (Å²) in [5.74, 6) is -0.00295. The largest absolute Gasteiger partial charge is 0.506 e. The summed E-state index contributed by atoms with van der Waals surface area (Å²) < 4.78 is 0.549. The zero-order valence-corrected chi connectivity index (χ0v) is 10.6. The molecule has 0 aliphatic heterocycles. The van der Waals surface area contributed by atoms with Crippen molar-refractivity contribution in [1.29, 1.82) is 0 Å². The second kappa shape index (κ2) is 5.15. The Kier molecular flexibility index (Phi) is 3.59. The third kappa shape index (κ3) is 2.74. The normalized spacial score (nSPS) is 10.2. The number of carbonyl (C=O) groups is 1. The Balaban J connectivity index is 2.34. The van der Waals surface area contributed by atoms with E-state index in [0.29, 0.717) is 16.3 Å². The van der Waals surface area contributed by atoms with E-state index in [1.54, 1.807) is 6.07 Å². The molecular weight excluding hydrogens is 280 g/mol. The molecule has 86 valence electrons. The summed E-state index contributed by atoms with van der Waals surface area (Å²) in [6.45, 7) is 0. The molecule has 3 heteroatoms. The van der Waals surface area contributed by atoms with Gasteiger partial charge >= 0.3 is 0 Å². The van der Waals surface area contributed by atoms with Crippen molar-refractivity contribution < 1.29 is 9.90 Å². The fourth-order valence-corrected chi connectivity index (χ4v) is 2.23. The minimum Gasteiger partial charge on any atom is -0.506 e. The van der Waals surface area contributed by atoms with Gasteiger partial charge in [-0.05, 0) is 45.6 Å². The van der Waals surface area contributed by atoms with Crippen LogP contribution in [0, 0.1) is 0 Å². The summed E-state index contributed by atoms with van der Waals surface area (Å²) >= 11 is 3.24. The zero-order chi connectivity index (χ0) is 12.3. The smallest absolute Gasteiger partial charge is 0.153 e. The standard InChI is InChI=1S/C14H11BrO2/c15-13-8-11(7-12(9-16)14(13)17)6-10-4-2-1-3-5-10/h1-5,7-9,17H,6H2. The maximum atomic E-state index is 10.8. The lowest BCUT2D eigenvalue weighted by molar-refractivity contribution is 0.112. The molecular formula is C14H11BrO2. The van der Waals surface area contributed by atoms with E-state index in [4.69, 9.17) is 0 Å². The molecule has 0 saturated carbocycles. The molecule has 0 aromatic heterocycles. The van der Waals surface area contributed by atoms with Crippen LogP contribution in [0.2, 0.25) is 0 Å². The topological polar surface area (TPSA) is 37.3 Å². The van der Waals surface area contributed by atoms with E-state index in [-0.39, 0.29) is 5.75 Å². The first-order valence-electron chi connectivity index (χ1n) is 5.21. The quantitative estimate of drug-likeness (QED) is 0.878. The van der Waals surface area contributed by atoms with Crippen LogP contribution in [0.15, 0.2) is 46.9 Å². The van der Waals surface area contributed by atoms with Crippen molar-refractivity contribution in [2.45, 2.75) is 6.42 Å². The molecule has 2 aromatic carbocycles. The fraction of sp³-hybridized carbons (Fsp3) is 0.0714. The van der Waals surface area contributed by atoms with E-state index in [0.717, 1.165) is 12.0 Å². The van der Waals surface area contributed by atoms with Crippen LogP contribution in [0.4, 0.5) is 0 Å². The molecule has 0 atom stereocenters. The van der Waals surface area contributed by atoms with Crippen molar-refractivity contribution in [2.24, 2.45) is 0 Å². The average Bonchev–Trinajstić information content (AvgIpc) is 2.35. The molecule has 2 nitrogen and oxygen atoms in total. The van der Waals surface area contributed by atoms with Crippen molar-refractivity contribution in [2.75, 3.05) is 0 Å². The van der Waals surface area contributed by atoms with E-state index >= 15 is 0 Å². The van der Waals surface area contributed by atoms with Crippen molar-refractivity contribution >= 4 is 22.2 Å². The summed E-state index contributed by atoms with van der Waals surface area (Å²) in [5.41, 5.74) is 2.47. The zero-order valence-electron chi connectivity index (χ0n) is 9.06. The Bertz CT molecular complexity index is 535. The van der Waals surface area contributed by atoms with Gasteiger partial charge in [0.2, 0.25) is 0 Å². The van der Waals surface area contributed by atoms with Gasteiger partial charge in [-0.15, -0.1) is 0 Å². The maximum absolute atomic E-state index is 10.8. The molecule has 0 aliphatic rings. The minimum atomic E-state index is -0.00295. The number of hydrogen-bond acceptors (Lipinski definition) is 2. The Labute approximate surface area is 108 Å². The molecule has 0 heterocycles. The van der Waals surface area contributed by atoms with Gasteiger partial charge < -0.3 is 5.11 Å². The fourth-order valence-electron chi connectivity index (χ4n) is 1.70. The second-order valence-corrected chi connectivity index (χ2v) is 4.65. The molecule has 0 amide bonds. The molecule has 0 spiro atoms. The van der Waals surface area contributed by atoms with Gasteiger partial charge in [0.1, 0.15) is 5.75 Å². The molecule has 2 rings (SSSR count). The predicted octanol–water partition coefficient (Wildman–Crippen LogP) is 3.56. The van der Waals surface area contributed by atoms with E-state index in [1.165, 1.54) is 5.56 Å². The number of rotatable bonds is 3. The average molecular weight is 291 g/mol. The number of aromatic hydroxyl groups is 1. The van der Waals surface area contributed by atoms with Gasteiger partial charge in [-0.2, -0.15) is 0 Å². The third-order valence-corrected chi connectivity index (χ3v) is 3.14. The van der Waals surface area contributed by atoms with Crippen LogP contribution in [0.3, 0.4) is 0 Å². The molecule has 0 aliphatic carbocycles. The Hall–Kier alpha value is -1.61. The lowest BCUT2D eigenvalue weighted by Gasteiger charge is -2.06. The van der Waals surface area contributed by atoms with Crippen LogP contribution in [0.25, 0.3) is 0 Å². The Morgan fingerprint density at radius 1 is 1.12 bits per heavy atom. The van der Waals surface area contributed by atoms with E-state index in [1.807, 2.05) is 36.4 Å². The van der Waals surface area contributed by atoms with E-state index in [2.05, 4.69) is 15.9 Å². The van der Waals surface area contributed by atoms with Crippen molar-refractivity contribution in [3.8, 4) is 5.75 Å². The first-order valence-corrected chi connectivity index (χ1v) is 6.00. The summed E-state index contributed by atoms with van der Waals surface area (Å²) in [7, 11) is 0. The van der Waals surface area contributed by atoms with Gasteiger partial charge in [0.15, 0.2) is 6.29 Å². The number of benzene rings is 2. The lowest BCUT2D eigenvalue weighted by Crippen LogP contribution is -1.91. The monoisotopic (exact) mass is 290 g/mol. The number of phenolic OH excluding ortho intramolecular Hbond substituents is 1. The molecule has 0 radical (unpaired) electrons. The van der Waals surface area contributed by atoms with Gasteiger partial charge in [0.05, 0.1) is 10.0 Å². The van der Waals surface area contributed by atoms with Crippen LogP contribution < -0.4 is 0 Å². The molecule has 0 saturated heterocycles. The SMILES string of the molecule is O=Cc1cc(Cc2ccccc2)cc(Br)c1O. The number of carbonyl (C=O) groups excluding carboxylic acids is 1. The Morgan fingerprint density at radius 3 is 2.47 bits per heavy atom. The number of halogens is 1. The van der Waals surface area contributed by atoms with Crippen LogP contribution >= 0.6 is 15.9 Å². The van der Waals surface area contributed by atoms with Crippen molar-refractivity contribution in [1.82, 2.24) is 0 Å². The Morgan fingerprint density at radius 2 is 1.82 bits per heavy atom. The van der Waals surface area contributed by atoms with Crippen LogP contribution in [0.5, 0.6) is 5.75 Å². The number of hydrogen-bond donors (Lipinski definition) is 1. The molecule has 0 fully saturated rings. The summed E-state index contributed by atoms with van der Waals surface area (Å²) in [6.07, 6.45) is 1.40. The van der Waals surface area contributed by atoms with Crippen LogP contribution in [-0.4, -0.2) is 11.4 Å². The molecule has 1 N–H and O–H groups in total. The highest BCUT2D eigenvalue weighted by Gasteiger charge is 2.07.